The van der Waals surface area contributed by atoms with E-state index in [-0.39, 0.29) is 0 Å². The molecule has 144 valence electrons. The highest BCUT2D eigenvalue weighted by Gasteiger charge is 2.46. The molecule has 0 bridgehead atoms. The SMILES string of the molecule is Cc1ccc(C[P+](c2ccccc2)(c2ccccc2)c2ccccc2C)c(C)c1. The zero-order valence-electron chi connectivity index (χ0n) is 17.5. The van der Waals surface area contributed by atoms with E-state index in [2.05, 4.69) is 124 Å². The lowest BCUT2D eigenvalue weighted by Gasteiger charge is -2.29. The van der Waals surface area contributed by atoms with Gasteiger partial charge in [0.05, 0.1) is 6.16 Å². The maximum atomic E-state index is 2.35. The van der Waals surface area contributed by atoms with E-state index in [4.69, 9.17) is 0 Å². The summed E-state index contributed by atoms with van der Waals surface area (Å²) in [7, 11) is -1.85. The van der Waals surface area contributed by atoms with Crippen molar-refractivity contribution in [2.75, 3.05) is 0 Å². The van der Waals surface area contributed by atoms with E-state index >= 15 is 0 Å². The van der Waals surface area contributed by atoms with Crippen LogP contribution in [0.15, 0.2) is 103 Å². The molecule has 0 spiro atoms. The fraction of sp³-hybridized carbons (Fsp3) is 0.143. The molecule has 0 aliphatic heterocycles. The van der Waals surface area contributed by atoms with Crippen LogP contribution in [0.3, 0.4) is 0 Å². The van der Waals surface area contributed by atoms with Crippen molar-refractivity contribution in [3.8, 4) is 0 Å². The van der Waals surface area contributed by atoms with Gasteiger partial charge < -0.3 is 0 Å². The first-order valence-electron chi connectivity index (χ1n) is 10.2. The largest absolute Gasteiger partial charge is 0.116 e. The molecule has 4 rings (SSSR count). The summed E-state index contributed by atoms with van der Waals surface area (Å²) in [5.74, 6) is 0. The Labute approximate surface area is 175 Å². The molecule has 0 saturated heterocycles. The molecule has 4 aromatic carbocycles. The zero-order chi connectivity index (χ0) is 20.3. The van der Waals surface area contributed by atoms with Crippen LogP contribution in [-0.4, -0.2) is 0 Å². The number of hydrogen-bond acceptors (Lipinski definition) is 0. The van der Waals surface area contributed by atoms with Gasteiger partial charge in [0.15, 0.2) is 0 Å². The molecule has 0 aliphatic carbocycles. The lowest BCUT2D eigenvalue weighted by molar-refractivity contribution is 1.26. The average Bonchev–Trinajstić information content (AvgIpc) is 2.75. The first kappa shape index (κ1) is 19.6. The van der Waals surface area contributed by atoms with Crippen LogP contribution in [0.1, 0.15) is 22.3 Å². The third-order valence-corrected chi connectivity index (χ3v) is 10.3. The van der Waals surface area contributed by atoms with E-state index in [1.165, 1.54) is 38.2 Å². The number of benzene rings is 4. The van der Waals surface area contributed by atoms with Crippen molar-refractivity contribution in [1.29, 1.82) is 0 Å². The van der Waals surface area contributed by atoms with Crippen LogP contribution >= 0.6 is 7.26 Å². The lowest BCUT2D eigenvalue weighted by Crippen LogP contribution is -2.34. The van der Waals surface area contributed by atoms with Crippen molar-refractivity contribution in [3.63, 3.8) is 0 Å². The molecule has 0 radical (unpaired) electrons. The van der Waals surface area contributed by atoms with E-state index in [9.17, 15) is 0 Å². The topological polar surface area (TPSA) is 0 Å². The Morgan fingerprint density at radius 2 is 1.10 bits per heavy atom. The molecule has 0 amide bonds. The van der Waals surface area contributed by atoms with Crippen molar-refractivity contribution in [2.24, 2.45) is 0 Å². The van der Waals surface area contributed by atoms with Crippen LogP contribution in [0, 0.1) is 20.8 Å². The minimum Gasteiger partial charge on any atom is -0.0620 e. The van der Waals surface area contributed by atoms with Gasteiger partial charge in [-0.3, -0.25) is 0 Å². The second kappa shape index (κ2) is 8.36. The van der Waals surface area contributed by atoms with Crippen LogP contribution in [0.2, 0.25) is 0 Å². The van der Waals surface area contributed by atoms with Gasteiger partial charge in [-0.15, -0.1) is 0 Å². The van der Waals surface area contributed by atoms with Crippen LogP contribution in [-0.2, 0) is 6.16 Å². The smallest absolute Gasteiger partial charge is 0.0620 e. The average molecular weight is 396 g/mol. The molecular formula is C28H28P+. The van der Waals surface area contributed by atoms with Crippen LogP contribution in [0.5, 0.6) is 0 Å². The Bertz CT molecular complexity index is 1060. The van der Waals surface area contributed by atoms with Crippen molar-refractivity contribution in [3.05, 3.63) is 125 Å². The highest BCUT2D eigenvalue weighted by Crippen LogP contribution is 2.59. The van der Waals surface area contributed by atoms with Gasteiger partial charge in [0.2, 0.25) is 0 Å². The van der Waals surface area contributed by atoms with Gasteiger partial charge >= 0.3 is 0 Å². The standard InChI is InChI=1S/C28H28P/c1-22-18-19-25(24(3)20-22)21-29(26-13-6-4-7-14-26,27-15-8-5-9-16-27)28-17-11-10-12-23(28)2/h4-20H,21H2,1-3H3/q+1. The molecule has 0 fully saturated rings. The first-order chi connectivity index (χ1) is 14.1. The van der Waals surface area contributed by atoms with Gasteiger partial charge in [0.25, 0.3) is 0 Å². The maximum absolute atomic E-state index is 2.35. The third kappa shape index (κ3) is 3.78. The van der Waals surface area contributed by atoms with Gasteiger partial charge in [0, 0.05) is 0 Å². The summed E-state index contributed by atoms with van der Waals surface area (Å²) < 4.78 is 0. The highest BCUT2D eigenvalue weighted by molar-refractivity contribution is 7.95. The summed E-state index contributed by atoms with van der Waals surface area (Å²) in [4.78, 5) is 0. The molecular weight excluding hydrogens is 367 g/mol. The fourth-order valence-electron chi connectivity index (χ4n) is 4.33. The Morgan fingerprint density at radius 1 is 0.552 bits per heavy atom. The first-order valence-corrected chi connectivity index (χ1v) is 12.2. The summed E-state index contributed by atoms with van der Waals surface area (Å²) in [5.41, 5.74) is 5.53. The van der Waals surface area contributed by atoms with Crippen LogP contribution in [0.4, 0.5) is 0 Å². The van der Waals surface area contributed by atoms with Crippen molar-refractivity contribution in [2.45, 2.75) is 26.9 Å². The normalized spacial score (nSPS) is 11.4. The zero-order valence-corrected chi connectivity index (χ0v) is 18.4. The Kier molecular flexibility index (Phi) is 5.65. The minimum absolute atomic E-state index is 1.04. The van der Waals surface area contributed by atoms with Gasteiger partial charge in [-0.05, 0) is 67.8 Å². The summed E-state index contributed by atoms with van der Waals surface area (Å²) in [6.07, 6.45) is 1.04. The number of rotatable bonds is 5. The number of aryl methyl sites for hydroxylation is 3. The quantitative estimate of drug-likeness (QED) is 0.358. The van der Waals surface area contributed by atoms with E-state index in [0.29, 0.717) is 0 Å². The van der Waals surface area contributed by atoms with Crippen LogP contribution < -0.4 is 15.9 Å². The van der Waals surface area contributed by atoms with Crippen molar-refractivity contribution in [1.82, 2.24) is 0 Å². The molecule has 29 heavy (non-hydrogen) atoms. The Hall–Kier alpha value is -2.69. The third-order valence-electron chi connectivity index (χ3n) is 5.83. The molecule has 0 aromatic heterocycles. The number of hydrogen-bond donors (Lipinski definition) is 0. The molecule has 0 saturated carbocycles. The second-order valence-corrected chi connectivity index (χ2v) is 11.3. The molecule has 4 aromatic rings. The Balaban J connectivity index is 2.05. The molecule has 0 heterocycles. The van der Waals surface area contributed by atoms with Gasteiger partial charge in [-0.2, -0.15) is 0 Å². The van der Waals surface area contributed by atoms with Gasteiger partial charge in [-0.1, -0.05) is 78.4 Å². The summed E-state index contributed by atoms with van der Waals surface area (Å²) in [5, 5.41) is 4.37. The molecule has 0 unspecified atom stereocenters. The molecule has 0 aliphatic rings. The lowest BCUT2D eigenvalue weighted by atomic mass is 10.1. The molecule has 1 heteroatoms. The summed E-state index contributed by atoms with van der Waals surface area (Å²) in [6, 6.07) is 38.2. The van der Waals surface area contributed by atoms with Crippen molar-refractivity contribution < 1.29 is 0 Å². The fourth-order valence-corrected chi connectivity index (χ4v) is 8.97. The maximum Gasteiger partial charge on any atom is 0.116 e. The Morgan fingerprint density at radius 3 is 1.66 bits per heavy atom. The summed E-state index contributed by atoms with van der Waals surface area (Å²) >= 11 is 0. The van der Waals surface area contributed by atoms with E-state index < -0.39 is 7.26 Å². The van der Waals surface area contributed by atoms with Gasteiger partial charge in [-0.25, -0.2) is 0 Å². The molecule has 0 atom stereocenters. The minimum atomic E-state index is -1.85. The van der Waals surface area contributed by atoms with E-state index in [1.54, 1.807) is 0 Å². The predicted molar refractivity (Wildman–Crippen MR) is 130 cm³/mol. The highest BCUT2D eigenvalue weighted by atomic mass is 31.2. The van der Waals surface area contributed by atoms with E-state index in [1.807, 2.05) is 0 Å². The van der Waals surface area contributed by atoms with Crippen LogP contribution in [0.25, 0.3) is 0 Å². The van der Waals surface area contributed by atoms with E-state index in [0.717, 1.165) is 6.16 Å². The summed E-state index contributed by atoms with van der Waals surface area (Å²) in [6.45, 7) is 6.69. The molecule has 0 nitrogen and oxygen atoms in total. The second-order valence-electron chi connectivity index (χ2n) is 7.86. The predicted octanol–water partition coefficient (Wildman–Crippen LogP) is 6.11. The van der Waals surface area contributed by atoms with Crippen molar-refractivity contribution >= 4 is 23.2 Å². The monoisotopic (exact) mass is 395 g/mol. The van der Waals surface area contributed by atoms with Gasteiger partial charge in [0.1, 0.15) is 23.2 Å². The molecule has 0 N–H and O–H groups in total.